The summed E-state index contributed by atoms with van der Waals surface area (Å²) in [5, 5.41) is 20.3. The second-order valence-corrected chi connectivity index (χ2v) is 9.73. The van der Waals surface area contributed by atoms with E-state index in [1.807, 2.05) is 42.7 Å². The third-order valence-corrected chi connectivity index (χ3v) is 5.84. The summed E-state index contributed by atoms with van der Waals surface area (Å²) in [6.45, 7) is 10.2. The summed E-state index contributed by atoms with van der Waals surface area (Å²) in [6.07, 6.45) is 2.69. The van der Waals surface area contributed by atoms with E-state index in [1.165, 1.54) is 0 Å². The summed E-state index contributed by atoms with van der Waals surface area (Å²) < 4.78 is 7.62. The summed E-state index contributed by atoms with van der Waals surface area (Å²) >= 11 is 0. The van der Waals surface area contributed by atoms with Crippen LogP contribution in [0.4, 0.5) is 5.82 Å². The molecule has 2 aromatic heterocycles. The van der Waals surface area contributed by atoms with Crippen molar-refractivity contribution in [2.24, 2.45) is 0 Å². The molecule has 0 fully saturated rings. The molecule has 10 nitrogen and oxygen atoms in total. The number of fused-ring (bicyclic) bond motifs is 3. The number of imidazole rings is 1. The molecule has 0 atom stereocenters. The first-order valence-corrected chi connectivity index (χ1v) is 13.1. The van der Waals surface area contributed by atoms with Crippen LogP contribution in [-0.2, 0) is 27.5 Å². The molecule has 2 heterocycles. The summed E-state index contributed by atoms with van der Waals surface area (Å²) in [6, 6.07) is 7.72. The van der Waals surface area contributed by atoms with Gasteiger partial charge in [0.05, 0.1) is 29.7 Å². The number of likely N-dealkylation sites (N-methyl/N-ethyl adjacent to an activating group) is 1. The van der Waals surface area contributed by atoms with Crippen molar-refractivity contribution in [3.8, 4) is 0 Å². The quantitative estimate of drug-likeness (QED) is 0.230. The number of carbonyl (C=O) groups excluding carboxylic acids is 2. The number of carbonyl (C=O) groups is 2. The molecular formula is C27H40N6O4. The Hall–Kier alpha value is -3.08. The molecule has 2 amide bonds. The number of para-hydroxylation sites is 1. The van der Waals surface area contributed by atoms with Crippen LogP contribution < -0.4 is 16.0 Å². The van der Waals surface area contributed by atoms with Gasteiger partial charge in [-0.3, -0.25) is 9.59 Å². The molecule has 3 rings (SSSR count). The highest BCUT2D eigenvalue weighted by atomic mass is 16.5. The van der Waals surface area contributed by atoms with Crippen molar-refractivity contribution in [1.29, 1.82) is 0 Å². The van der Waals surface area contributed by atoms with Crippen LogP contribution in [0.25, 0.3) is 21.9 Å². The Bertz CT molecular complexity index is 1200. The molecule has 0 aliphatic rings. The molecule has 10 heteroatoms. The minimum atomic E-state index is -0.978. The minimum absolute atomic E-state index is 0.0151. The number of nitrogens with zero attached hydrogens (tertiary/aromatic N) is 3. The zero-order chi connectivity index (χ0) is 26.8. The molecule has 0 saturated carbocycles. The average molecular weight is 513 g/mol. The first-order chi connectivity index (χ1) is 17.7. The lowest BCUT2D eigenvalue weighted by atomic mass is 10.1. The van der Waals surface area contributed by atoms with E-state index in [1.54, 1.807) is 13.8 Å². The number of hydrogen-bond acceptors (Lipinski definition) is 7. The largest absolute Gasteiger partial charge is 0.389 e. The number of benzene rings is 1. The molecule has 37 heavy (non-hydrogen) atoms. The van der Waals surface area contributed by atoms with Crippen LogP contribution in [0, 0.1) is 0 Å². The van der Waals surface area contributed by atoms with Gasteiger partial charge in [-0.25, -0.2) is 9.97 Å². The van der Waals surface area contributed by atoms with Crippen LogP contribution >= 0.6 is 0 Å². The Kier molecular flexibility index (Phi) is 10.4. The van der Waals surface area contributed by atoms with Gasteiger partial charge in [0.15, 0.2) is 5.82 Å². The van der Waals surface area contributed by atoms with Crippen LogP contribution in [0.1, 0.15) is 59.2 Å². The Morgan fingerprint density at radius 1 is 1.08 bits per heavy atom. The van der Waals surface area contributed by atoms with Gasteiger partial charge < -0.3 is 30.4 Å². The zero-order valence-electron chi connectivity index (χ0n) is 22.4. The predicted molar refractivity (Wildman–Crippen MR) is 145 cm³/mol. The number of ether oxygens (including phenoxy) is 1. The molecular weight excluding hydrogens is 472 g/mol. The van der Waals surface area contributed by atoms with Crippen molar-refractivity contribution in [1.82, 2.24) is 25.2 Å². The zero-order valence-corrected chi connectivity index (χ0v) is 22.4. The topological polar surface area (TPSA) is 130 Å². The first-order valence-electron chi connectivity index (χ1n) is 13.1. The molecule has 0 bridgehead atoms. The average Bonchev–Trinajstić information content (AvgIpc) is 3.20. The van der Waals surface area contributed by atoms with Crippen molar-refractivity contribution in [3.63, 3.8) is 0 Å². The van der Waals surface area contributed by atoms with E-state index in [0.29, 0.717) is 56.2 Å². The van der Waals surface area contributed by atoms with Gasteiger partial charge in [0.2, 0.25) is 11.8 Å². The van der Waals surface area contributed by atoms with Crippen molar-refractivity contribution in [3.05, 3.63) is 30.1 Å². The van der Waals surface area contributed by atoms with Gasteiger partial charge in [0, 0.05) is 25.0 Å². The summed E-state index contributed by atoms with van der Waals surface area (Å²) in [4.78, 5) is 34.0. The fourth-order valence-corrected chi connectivity index (χ4v) is 4.14. The van der Waals surface area contributed by atoms with Crippen LogP contribution in [0.2, 0.25) is 0 Å². The predicted octanol–water partition coefficient (Wildman–Crippen LogP) is 3.12. The summed E-state index contributed by atoms with van der Waals surface area (Å²) in [5.41, 5.74) is 1.15. The maximum absolute atomic E-state index is 12.8. The second-order valence-electron chi connectivity index (χ2n) is 9.73. The number of anilines is 1. The molecule has 0 spiro atoms. The van der Waals surface area contributed by atoms with Crippen molar-refractivity contribution < 1.29 is 19.4 Å². The number of unbranched alkanes of at least 4 members (excludes halogenated alkanes) is 2. The highest BCUT2D eigenvalue weighted by molar-refractivity contribution is 6.09. The smallest absolute Gasteiger partial charge is 0.233 e. The van der Waals surface area contributed by atoms with Crippen molar-refractivity contribution in [2.75, 3.05) is 31.6 Å². The van der Waals surface area contributed by atoms with Gasteiger partial charge >= 0.3 is 0 Å². The maximum Gasteiger partial charge on any atom is 0.233 e. The van der Waals surface area contributed by atoms with Gasteiger partial charge in [0.25, 0.3) is 0 Å². The lowest BCUT2D eigenvalue weighted by Crippen LogP contribution is -2.34. The van der Waals surface area contributed by atoms with E-state index in [-0.39, 0.29) is 18.4 Å². The van der Waals surface area contributed by atoms with E-state index in [0.717, 1.165) is 35.8 Å². The van der Waals surface area contributed by atoms with Crippen LogP contribution in [0.3, 0.4) is 0 Å². The van der Waals surface area contributed by atoms with Crippen molar-refractivity contribution >= 4 is 39.6 Å². The van der Waals surface area contributed by atoms with E-state index in [9.17, 15) is 14.7 Å². The molecule has 0 saturated heterocycles. The van der Waals surface area contributed by atoms with E-state index in [2.05, 4.69) is 16.0 Å². The minimum Gasteiger partial charge on any atom is -0.389 e. The lowest BCUT2D eigenvalue weighted by molar-refractivity contribution is -0.120. The maximum atomic E-state index is 12.8. The standard InChI is InChI=1S/C27H40N6O4/c1-5-28-16-23(35)29-15-11-7-8-14-22(34)32-26-24-25(19-12-9-10-13-20(19)30-26)33(18-27(3,4)36)21(31-24)17-37-6-2/h9-10,12-13,28,36H,5-8,11,14-18H2,1-4H3,(H,29,35)(H,30,32,34). The number of amides is 2. The Balaban J connectivity index is 1.75. The number of hydrogen-bond donors (Lipinski definition) is 4. The van der Waals surface area contributed by atoms with E-state index >= 15 is 0 Å². The van der Waals surface area contributed by atoms with Gasteiger partial charge in [-0.1, -0.05) is 31.5 Å². The number of aromatic nitrogens is 3. The first kappa shape index (κ1) is 28.5. The van der Waals surface area contributed by atoms with E-state index < -0.39 is 5.60 Å². The molecule has 4 N–H and O–H groups in total. The Morgan fingerprint density at radius 2 is 1.86 bits per heavy atom. The summed E-state index contributed by atoms with van der Waals surface area (Å²) in [7, 11) is 0. The SMILES string of the molecule is CCNCC(=O)NCCCCCC(=O)Nc1nc2ccccc2c2c1nc(COCC)n2CC(C)(C)O. The van der Waals surface area contributed by atoms with Crippen molar-refractivity contribution in [2.45, 2.75) is 72.1 Å². The molecule has 0 aliphatic heterocycles. The normalized spacial score (nSPS) is 11.8. The second kappa shape index (κ2) is 13.5. The fourth-order valence-electron chi connectivity index (χ4n) is 4.14. The molecule has 3 aromatic rings. The third kappa shape index (κ3) is 8.21. The number of rotatable bonds is 15. The Morgan fingerprint density at radius 3 is 2.59 bits per heavy atom. The van der Waals surface area contributed by atoms with Crippen LogP contribution in [0.15, 0.2) is 24.3 Å². The molecule has 0 radical (unpaired) electrons. The van der Waals surface area contributed by atoms with Crippen LogP contribution in [0.5, 0.6) is 0 Å². The summed E-state index contributed by atoms with van der Waals surface area (Å²) in [5.74, 6) is 0.924. The highest BCUT2D eigenvalue weighted by Crippen LogP contribution is 2.31. The number of aliphatic hydroxyl groups is 1. The van der Waals surface area contributed by atoms with Gasteiger partial charge in [-0.05, 0) is 46.2 Å². The molecule has 0 unspecified atom stereocenters. The molecule has 202 valence electrons. The Labute approximate surface area is 218 Å². The lowest BCUT2D eigenvalue weighted by Gasteiger charge is -2.20. The molecule has 1 aromatic carbocycles. The van der Waals surface area contributed by atoms with E-state index in [4.69, 9.17) is 14.7 Å². The van der Waals surface area contributed by atoms with Gasteiger partial charge in [-0.15, -0.1) is 0 Å². The number of nitrogens with one attached hydrogen (secondary N) is 3. The van der Waals surface area contributed by atoms with Gasteiger partial charge in [0.1, 0.15) is 17.9 Å². The monoisotopic (exact) mass is 512 g/mol. The number of pyridine rings is 1. The third-order valence-electron chi connectivity index (χ3n) is 5.84. The van der Waals surface area contributed by atoms with Gasteiger partial charge in [-0.2, -0.15) is 0 Å². The fraction of sp³-hybridized carbons (Fsp3) is 0.556. The van der Waals surface area contributed by atoms with Crippen LogP contribution in [-0.4, -0.2) is 63.3 Å². The highest BCUT2D eigenvalue weighted by Gasteiger charge is 2.23. The molecule has 0 aliphatic carbocycles.